The van der Waals surface area contributed by atoms with Crippen LogP contribution in [0.3, 0.4) is 0 Å². The quantitative estimate of drug-likeness (QED) is 0.548. The average Bonchev–Trinajstić information content (AvgIpc) is 2.60. The van der Waals surface area contributed by atoms with Crippen LogP contribution in [-0.4, -0.2) is 20.1 Å². The van der Waals surface area contributed by atoms with E-state index in [1.165, 1.54) is 24.3 Å². The topological polar surface area (TPSA) is 127 Å². The summed E-state index contributed by atoms with van der Waals surface area (Å²) in [5, 5.41) is 41.5. The molecule has 2 aromatic rings. The normalized spacial score (nSPS) is 13.2. The number of hydrogen-bond acceptors (Lipinski definition) is 6. The van der Waals surface area contributed by atoms with Gasteiger partial charge in [0.1, 0.15) is 0 Å². The molecule has 2 N–H and O–H groups in total. The number of nitro benzene ring substituents is 2. The molecule has 2 rings (SSSR count). The first-order valence-corrected chi connectivity index (χ1v) is 8.24. The van der Waals surface area contributed by atoms with Gasteiger partial charge < -0.3 is 10.2 Å². The summed E-state index contributed by atoms with van der Waals surface area (Å²) in [6, 6.07) is 8.55. The summed E-state index contributed by atoms with van der Waals surface area (Å²) >= 11 is 0. The number of benzene rings is 2. The molecule has 26 heavy (non-hydrogen) atoms. The van der Waals surface area contributed by atoms with Gasteiger partial charge in [0.25, 0.3) is 0 Å². The Bertz CT molecular complexity index is 767. The van der Waals surface area contributed by atoms with Crippen molar-refractivity contribution in [3.05, 3.63) is 67.8 Å². The second-order valence-electron chi connectivity index (χ2n) is 6.04. The van der Waals surface area contributed by atoms with E-state index in [1.54, 1.807) is 12.1 Å². The molecule has 0 radical (unpaired) electrons. The van der Waals surface area contributed by atoms with Crippen molar-refractivity contribution in [3.8, 4) is 11.5 Å². The van der Waals surface area contributed by atoms with E-state index in [0.29, 0.717) is 24.0 Å². The number of rotatable bonds is 7. The lowest BCUT2D eigenvalue weighted by molar-refractivity contribution is -0.386. The van der Waals surface area contributed by atoms with Gasteiger partial charge in [0.15, 0.2) is 11.5 Å². The fourth-order valence-corrected chi connectivity index (χ4v) is 3.34. The molecule has 0 spiro atoms. The van der Waals surface area contributed by atoms with Crippen LogP contribution >= 0.6 is 0 Å². The number of hydrogen-bond donors (Lipinski definition) is 2. The van der Waals surface area contributed by atoms with Crippen molar-refractivity contribution in [1.82, 2.24) is 0 Å². The van der Waals surface area contributed by atoms with Gasteiger partial charge in [0.05, 0.1) is 9.85 Å². The highest BCUT2D eigenvalue weighted by molar-refractivity contribution is 5.51. The van der Waals surface area contributed by atoms with Gasteiger partial charge in [0, 0.05) is 12.1 Å². The van der Waals surface area contributed by atoms with Gasteiger partial charge in [-0.2, -0.15) is 0 Å². The molecular weight excluding hydrogens is 340 g/mol. The number of phenolic OH excluding ortho intramolecular Hbond substituents is 2. The molecular formula is C18H20N2O6. The van der Waals surface area contributed by atoms with Crippen molar-refractivity contribution >= 4 is 11.4 Å². The Balaban J connectivity index is 2.50. The van der Waals surface area contributed by atoms with Crippen molar-refractivity contribution in [2.75, 3.05) is 0 Å². The van der Waals surface area contributed by atoms with Crippen molar-refractivity contribution in [2.24, 2.45) is 0 Å². The van der Waals surface area contributed by atoms with Crippen LogP contribution in [0.1, 0.15) is 49.7 Å². The molecule has 0 fully saturated rings. The summed E-state index contributed by atoms with van der Waals surface area (Å²) in [7, 11) is 0. The number of nitro groups is 2. The Kier molecular flexibility index (Phi) is 5.76. The molecule has 0 unspecified atom stereocenters. The van der Waals surface area contributed by atoms with Gasteiger partial charge >= 0.3 is 11.4 Å². The lowest BCUT2D eigenvalue weighted by Gasteiger charge is -2.26. The SMILES string of the molecule is CC[C@H](c1ccc(O)c([N+](=O)[O-])c1)[C@H](CC)c1ccc(O)c([N+](=O)[O-])c1. The molecule has 0 aromatic heterocycles. The fraction of sp³-hybridized carbons (Fsp3) is 0.333. The van der Waals surface area contributed by atoms with Crippen molar-refractivity contribution in [3.63, 3.8) is 0 Å². The van der Waals surface area contributed by atoms with Gasteiger partial charge in [-0.15, -0.1) is 0 Å². The van der Waals surface area contributed by atoms with Crippen LogP contribution in [0.25, 0.3) is 0 Å². The zero-order valence-electron chi connectivity index (χ0n) is 14.5. The molecule has 138 valence electrons. The summed E-state index contributed by atoms with van der Waals surface area (Å²) in [4.78, 5) is 20.9. The van der Waals surface area contributed by atoms with Crippen LogP contribution in [0.4, 0.5) is 11.4 Å². The third-order valence-electron chi connectivity index (χ3n) is 4.61. The molecule has 0 bridgehead atoms. The predicted molar refractivity (Wildman–Crippen MR) is 95.6 cm³/mol. The maximum atomic E-state index is 11.1. The van der Waals surface area contributed by atoms with Gasteiger partial charge in [-0.25, -0.2) is 0 Å². The standard InChI is InChI=1S/C18H20N2O6/c1-3-13(11-5-7-17(21)15(9-11)19(23)24)14(4-2)12-6-8-18(22)16(10-12)20(25)26/h5-10,13-14,21-22H,3-4H2,1-2H3/t13-,14-/m1/s1. The molecule has 0 saturated carbocycles. The second-order valence-corrected chi connectivity index (χ2v) is 6.04. The Labute approximate surface area is 150 Å². The zero-order valence-corrected chi connectivity index (χ0v) is 14.5. The van der Waals surface area contributed by atoms with E-state index in [4.69, 9.17) is 0 Å². The summed E-state index contributed by atoms with van der Waals surface area (Å²) in [5.74, 6) is -1.07. The molecule has 0 aliphatic carbocycles. The first-order valence-electron chi connectivity index (χ1n) is 8.24. The van der Waals surface area contributed by atoms with Gasteiger partial charge in [-0.1, -0.05) is 26.0 Å². The van der Waals surface area contributed by atoms with Crippen LogP contribution in [0.15, 0.2) is 36.4 Å². The minimum absolute atomic E-state index is 0.136. The first-order chi connectivity index (χ1) is 12.3. The predicted octanol–water partition coefficient (Wildman–Crippen LogP) is 4.60. The van der Waals surface area contributed by atoms with E-state index in [-0.39, 0.29) is 23.2 Å². The van der Waals surface area contributed by atoms with Gasteiger partial charge in [-0.05, 0) is 47.9 Å². The van der Waals surface area contributed by atoms with E-state index >= 15 is 0 Å². The van der Waals surface area contributed by atoms with Crippen molar-refractivity contribution < 1.29 is 20.1 Å². The first kappa shape index (κ1) is 19.2. The Morgan fingerprint density at radius 1 is 0.808 bits per heavy atom. The Hall–Kier alpha value is -3.16. The molecule has 0 aliphatic heterocycles. The maximum absolute atomic E-state index is 11.1. The molecule has 0 amide bonds. The van der Waals surface area contributed by atoms with E-state index in [1.807, 2.05) is 13.8 Å². The van der Waals surface area contributed by atoms with E-state index in [0.717, 1.165) is 0 Å². The summed E-state index contributed by atoms with van der Waals surface area (Å²) in [5.41, 5.74) is 0.624. The van der Waals surface area contributed by atoms with Crippen LogP contribution in [0.5, 0.6) is 11.5 Å². The van der Waals surface area contributed by atoms with Gasteiger partial charge in [-0.3, -0.25) is 20.2 Å². The fourth-order valence-electron chi connectivity index (χ4n) is 3.34. The largest absolute Gasteiger partial charge is 0.502 e. The number of nitrogens with zero attached hydrogens (tertiary/aromatic N) is 2. The smallest absolute Gasteiger partial charge is 0.310 e. The molecule has 0 saturated heterocycles. The van der Waals surface area contributed by atoms with Crippen LogP contribution < -0.4 is 0 Å². The lowest BCUT2D eigenvalue weighted by Crippen LogP contribution is -2.11. The Morgan fingerprint density at radius 3 is 1.42 bits per heavy atom. The monoisotopic (exact) mass is 360 g/mol. The number of phenols is 2. The third-order valence-corrected chi connectivity index (χ3v) is 4.61. The summed E-state index contributed by atoms with van der Waals surface area (Å²) in [6.45, 7) is 3.86. The van der Waals surface area contributed by atoms with E-state index in [9.17, 15) is 30.4 Å². The minimum Gasteiger partial charge on any atom is -0.502 e. The Morgan fingerprint density at radius 2 is 1.15 bits per heavy atom. The molecule has 0 heterocycles. The number of aromatic hydroxyl groups is 2. The van der Waals surface area contributed by atoms with Gasteiger partial charge in [0.2, 0.25) is 0 Å². The van der Waals surface area contributed by atoms with Crippen LogP contribution in [-0.2, 0) is 0 Å². The molecule has 0 aliphatic rings. The molecule has 8 nitrogen and oxygen atoms in total. The van der Waals surface area contributed by atoms with Crippen molar-refractivity contribution in [1.29, 1.82) is 0 Å². The second kappa shape index (κ2) is 7.81. The molecule has 2 atom stereocenters. The lowest BCUT2D eigenvalue weighted by atomic mass is 9.78. The van der Waals surface area contributed by atoms with E-state index < -0.39 is 21.3 Å². The molecule has 2 aromatic carbocycles. The summed E-state index contributed by atoms with van der Waals surface area (Å²) in [6.07, 6.45) is 1.30. The summed E-state index contributed by atoms with van der Waals surface area (Å²) < 4.78 is 0. The highest BCUT2D eigenvalue weighted by Gasteiger charge is 2.27. The zero-order chi connectivity index (χ0) is 19.4. The third kappa shape index (κ3) is 3.74. The molecule has 8 heteroatoms. The van der Waals surface area contributed by atoms with Crippen LogP contribution in [0.2, 0.25) is 0 Å². The average molecular weight is 360 g/mol. The van der Waals surface area contributed by atoms with Crippen molar-refractivity contribution in [2.45, 2.75) is 38.5 Å². The highest BCUT2D eigenvalue weighted by atomic mass is 16.6. The maximum Gasteiger partial charge on any atom is 0.310 e. The van der Waals surface area contributed by atoms with E-state index in [2.05, 4.69) is 0 Å². The minimum atomic E-state index is -0.641. The van der Waals surface area contributed by atoms with Crippen LogP contribution in [0, 0.1) is 20.2 Å². The highest BCUT2D eigenvalue weighted by Crippen LogP contribution is 2.42.